The van der Waals surface area contributed by atoms with E-state index in [9.17, 15) is 13.2 Å². The molecule has 2 aromatic rings. The summed E-state index contributed by atoms with van der Waals surface area (Å²) in [6.45, 7) is 3.79. The van der Waals surface area contributed by atoms with E-state index in [0.29, 0.717) is 11.5 Å². The molecular formula is C16H16F3N3. The van der Waals surface area contributed by atoms with Crippen molar-refractivity contribution in [3.05, 3.63) is 53.5 Å². The van der Waals surface area contributed by atoms with Crippen LogP contribution in [0.1, 0.15) is 18.7 Å². The van der Waals surface area contributed by atoms with E-state index < -0.39 is 17.5 Å². The molecule has 3 rings (SSSR count). The molecule has 0 aliphatic carbocycles. The SMILES string of the molecule is CC1CNC(c2cnc(-c3ccc(F)c(F)c3)c(F)c2)NC1. The van der Waals surface area contributed by atoms with Gasteiger partial charge in [0.05, 0.1) is 6.17 Å². The van der Waals surface area contributed by atoms with Gasteiger partial charge in [0.1, 0.15) is 11.5 Å². The normalized spacial score (nSPS) is 21.8. The van der Waals surface area contributed by atoms with E-state index >= 15 is 0 Å². The van der Waals surface area contributed by atoms with E-state index in [0.717, 1.165) is 25.2 Å². The van der Waals surface area contributed by atoms with Gasteiger partial charge in [-0.15, -0.1) is 0 Å². The molecule has 3 nitrogen and oxygen atoms in total. The fraction of sp³-hybridized carbons (Fsp3) is 0.312. The van der Waals surface area contributed by atoms with E-state index in [1.165, 1.54) is 12.1 Å². The van der Waals surface area contributed by atoms with Gasteiger partial charge in [-0.1, -0.05) is 6.92 Å². The van der Waals surface area contributed by atoms with Crippen LogP contribution in [-0.2, 0) is 0 Å². The third-order valence-electron chi connectivity index (χ3n) is 3.73. The molecule has 1 fully saturated rings. The lowest BCUT2D eigenvalue weighted by molar-refractivity contribution is 0.313. The molecule has 6 heteroatoms. The summed E-state index contributed by atoms with van der Waals surface area (Å²) < 4.78 is 40.5. The zero-order valence-electron chi connectivity index (χ0n) is 12.0. The molecule has 116 valence electrons. The molecule has 0 bridgehead atoms. The van der Waals surface area contributed by atoms with Gasteiger partial charge >= 0.3 is 0 Å². The first kappa shape index (κ1) is 15.0. The Balaban J connectivity index is 1.87. The predicted octanol–water partition coefficient (Wildman–Crippen LogP) is 2.99. The maximum atomic E-state index is 14.3. The zero-order chi connectivity index (χ0) is 15.7. The van der Waals surface area contributed by atoms with Crippen molar-refractivity contribution in [1.29, 1.82) is 0 Å². The van der Waals surface area contributed by atoms with Gasteiger partial charge in [-0.05, 0) is 30.2 Å². The van der Waals surface area contributed by atoms with Crippen LogP contribution in [-0.4, -0.2) is 18.1 Å². The Kier molecular flexibility index (Phi) is 4.13. The predicted molar refractivity (Wildman–Crippen MR) is 77.5 cm³/mol. The molecule has 22 heavy (non-hydrogen) atoms. The van der Waals surface area contributed by atoms with Crippen molar-refractivity contribution in [3.63, 3.8) is 0 Å². The van der Waals surface area contributed by atoms with E-state index in [1.807, 2.05) is 0 Å². The van der Waals surface area contributed by atoms with Crippen LogP contribution >= 0.6 is 0 Å². The first-order valence-electron chi connectivity index (χ1n) is 7.12. The monoisotopic (exact) mass is 307 g/mol. The van der Waals surface area contributed by atoms with Gasteiger partial charge in [0, 0.05) is 30.4 Å². The Morgan fingerprint density at radius 2 is 1.73 bits per heavy atom. The number of benzene rings is 1. The van der Waals surface area contributed by atoms with Crippen LogP contribution in [0, 0.1) is 23.4 Å². The summed E-state index contributed by atoms with van der Waals surface area (Å²) in [4.78, 5) is 4.07. The molecule has 1 aromatic carbocycles. The molecule has 0 saturated carbocycles. The molecule has 2 N–H and O–H groups in total. The maximum Gasteiger partial charge on any atom is 0.159 e. The number of rotatable bonds is 2. The average Bonchev–Trinajstić information content (AvgIpc) is 2.51. The second-order valence-corrected chi connectivity index (χ2v) is 5.58. The van der Waals surface area contributed by atoms with Crippen molar-refractivity contribution in [2.24, 2.45) is 5.92 Å². The lowest BCUT2D eigenvalue weighted by atomic mass is 10.1. The highest BCUT2D eigenvalue weighted by Crippen LogP contribution is 2.24. The van der Waals surface area contributed by atoms with Crippen LogP contribution in [0.15, 0.2) is 30.5 Å². The van der Waals surface area contributed by atoms with Crippen molar-refractivity contribution in [1.82, 2.24) is 15.6 Å². The molecule has 1 saturated heterocycles. The quantitative estimate of drug-likeness (QED) is 0.895. The molecule has 0 amide bonds. The molecule has 1 aliphatic rings. The Labute approximate surface area is 126 Å². The van der Waals surface area contributed by atoms with Gasteiger partial charge < -0.3 is 0 Å². The largest absolute Gasteiger partial charge is 0.298 e. The van der Waals surface area contributed by atoms with E-state index in [-0.39, 0.29) is 17.4 Å². The molecular weight excluding hydrogens is 291 g/mol. The Bertz CT molecular complexity index is 682. The average molecular weight is 307 g/mol. The Morgan fingerprint density at radius 3 is 2.36 bits per heavy atom. The van der Waals surface area contributed by atoms with Crippen LogP contribution in [0.3, 0.4) is 0 Å². The summed E-state index contributed by atoms with van der Waals surface area (Å²) in [6.07, 6.45) is 1.39. The summed E-state index contributed by atoms with van der Waals surface area (Å²) in [5.74, 6) is -2.04. The number of hydrogen-bond donors (Lipinski definition) is 2. The number of hydrogen-bond acceptors (Lipinski definition) is 3. The maximum absolute atomic E-state index is 14.3. The highest BCUT2D eigenvalue weighted by atomic mass is 19.2. The van der Waals surface area contributed by atoms with E-state index in [1.54, 1.807) is 6.20 Å². The lowest BCUT2D eigenvalue weighted by Crippen LogP contribution is -2.45. The smallest absolute Gasteiger partial charge is 0.159 e. The summed E-state index contributed by atoms with van der Waals surface area (Å²) in [5, 5.41) is 6.52. The molecule has 2 heterocycles. The minimum absolute atomic E-state index is 0.00632. The topological polar surface area (TPSA) is 37.0 Å². The van der Waals surface area contributed by atoms with Crippen LogP contribution < -0.4 is 10.6 Å². The second-order valence-electron chi connectivity index (χ2n) is 5.58. The van der Waals surface area contributed by atoms with Crippen LogP contribution in [0.4, 0.5) is 13.2 Å². The highest BCUT2D eigenvalue weighted by molar-refractivity contribution is 5.60. The molecule has 1 aliphatic heterocycles. The Morgan fingerprint density at radius 1 is 1.00 bits per heavy atom. The van der Waals surface area contributed by atoms with Crippen LogP contribution in [0.2, 0.25) is 0 Å². The zero-order valence-corrected chi connectivity index (χ0v) is 12.0. The summed E-state index contributed by atoms with van der Waals surface area (Å²) in [7, 11) is 0. The molecule has 1 aromatic heterocycles. The lowest BCUT2D eigenvalue weighted by Gasteiger charge is -2.29. The number of aromatic nitrogens is 1. The van der Waals surface area contributed by atoms with Crippen molar-refractivity contribution in [2.75, 3.05) is 13.1 Å². The third kappa shape index (κ3) is 2.98. The standard InChI is InChI=1S/C16H16F3N3/c1-9-6-21-16(22-7-9)11-5-14(19)15(20-8-11)10-2-3-12(17)13(18)4-10/h2-5,8-9,16,21-22H,6-7H2,1H3. The molecule has 0 unspecified atom stereocenters. The van der Waals surface area contributed by atoms with Gasteiger partial charge in [-0.3, -0.25) is 15.6 Å². The van der Waals surface area contributed by atoms with Crippen LogP contribution in [0.25, 0.3) is 11.3 Å². The minimum atomic E-state index is -1.02. The van der Waals surface area contributed by atoms with Gasteiger partial charge in [0.15, 0.2) is 11.6 Å². The van der Waals surface area contributed by atoms with Crippen molar-refractivity contribution in [3.8, 4) is 11.3 Å². The molecule has 0 atom stereocenters. The summed E-state index contributed by atoms with van der Waals surface area (Å²) in [6, 6.07) is 4.58. The first-order chi connectivity index (χ1) is 10.5. The molecule has 0 radical (unpaired) electrons. The Hall–Kier alpha value is -1.92. The number of halogens is 3. The number of pyridine rings is 1. The van der Waals surface area contributed by atoms with Crippen molar-refractivity contribution in [2.45, 2.75) is 13.1 Å². The summed E-state index contributed by atoms with van der Waals surface area (Å²) >= 11 is 0. The van der Waals surface area contributed by atoms with Gasteiger partial charge in [0.2, 0.25) is 0 Å². The second kappa shape index (κ2) is 6.06. The third-order valence-corrected chi connectivity index (χ3v) is 3.73. The summed E-state index contributed by atoms with van der Waals surface area (Å²) in [5.41, 5.74) is 0.892. The molecule has 0 spiro atoms. The van der Waals surface area contributed by atoms with Gasteiger partial charge in [-0.2, -0.15) is 0 Å². The van der Waals surface area contributed by atoms with E-state index in [4.69, 9.17) is 0 Å². The minimum Gasteiger partial charge on any atom is -0.298 e. The number of nitrogens with one attached hydrogen (secondary N) is 2. The van der Waals surface area contributed by atoms with Gasteiger partial charge in [-0.25, -0.2) is 13.2 Å². The van der Waals surface area contributed by atoms with Crippen molar-refractivity contribution < 1.29 is 13.2 Å². The number of nitrogens with zero attached hydrogens (tertiary/aromatic N) is 1. The highest BCUT2D eigenvalue weighted by Gasteiger charge is 2.20. The fourth-order valence-electron chi connectivity index (χ4n) is 2.48. The van der Waals surface area contributed by atoms with Crippen LogP contribution in [0.5, 0.6) is 0 Å². The van der Waals surface area contributed by atoms with E-state index in [2.05, 4.69) is 22.5 Å². The fourth-order valence-corrected chi connectivity index (χ4v) is 2.48. The van der Waals surface area contributed by atoms with Crippen molar-refractivity contribution >= 4 is 0 Å². The first-order valence-corrected chi connectivity index (χ1v) is 7.12. The van der Waals surface area contributed by atoms with Gasteiger partial charge in [0.25, 0.3) is 0 Å².